The minimum absolute atomic E-state index is 0.107. The number of hydrogen-bond acceptors (Lipinski definition) is 3. The smallest absolute Gasteiger partial charge is 0.300 e. The van der Waals surface area contributed by atoms with Crippen molar-refractivity contribution >= 4 is 5.78 Å². The zero-order valence-electron chi connectivity index (χ0n) is 11.6. The molecule has 6 heteroatoms. The van der Waals surface area contributed by atoms with E-state index in [0.29, 0.717) is 24.1 Å². The van der Waals surface area contributed by atoms with Crippen LogP contribution in [-0.2, 0) is 6.54 Å². The molecule has 1 heterocycles. The zero-order valence-corrected chi connectivity index (χ0v) is 11.6. The standard InChI is InChI=1S/C15H15FN2O3/c1-10-9-18(15(21)17-14(10)20)8-2-3-13(19)11-4-6-12(16)7-5-11/h4-7,9H,2-3,8H2,1H3,(H,17,20,21). The van der Waals surface area contributed by atoms with Crippen molar-refractivity contribution in [2.75, 3.05) is 0 Å². The molecule has 0 radical (unpaired) electrons. The van der Waals surface area contributed by atoms with Gasteiger partial charge < -0.3 is 4.57 Å². The van der Waals surface area contributed by atoms with Crippen LogP contribution in [-0.4, -0.2) is 15.3 Å². The first-order valence-corrected chi connectivity index (χ1v) is 6.56. The first-order valence-electron chi connectivity index (χ1n) is 6.56. The van der Waals surface area contributed by atoms with Gasteiger partial charge in [0, 0.05) is 30.3 Å². The summed E-state index contributed by atoms with van der Waals surface area (Å²) in [5, 5.41) is 0. The molecule has 0 aliphatic carbocycles. The molecular weight excluding hydrogens is 275 g/mol. The van der Waals surface area contributed by atoms with Gasteiger partial charge in [-0.1, -0.05) is 0 Å². The van der Waals surface area contributed by atoms with Gasteiger partial charge in [-0.05, 0) is 37.6 Å². The Morgan fingerprint density at radius 1 is 1.24 bits per heavy atom. The van der Waals surface area contributed by atoms with Crippen molar-refractivity contribution in [2.24, 2.45) is 0 Å². The molecule has 110 valence electrons. The minimum atomic E-state index is -0.486. The van der Waals surface area contributed by atoms with E-state index in [1.165, 1.54) is 35.0 Å². The Balaban J connectivity index is 1.97. The molecule has 1 aromatic carbocycles. The molecular formula is C15H15FN2O3. The van der Waals surface area contributed by atoms with E-state index in [4.69, 9.17) is 0 Å². The third-order valence-electron chi connectivity index (χ3n) is 3.16. The van der Waals surface area contributed by atoms with Crippen LogP contribution in [0, 0.1) is 12.7 Å². The van der Waals surface area contributed by atoms with Crippen molar-refractivity contribution in [2.45, 2.75) is 26.3 Å². The maximum atomic E-state index is 12.8. The predicted octanol–water partition coefficient (Wildman–Crippen LogP) is 1.65. The molecule has 21 heavy (non-hydrogen) atoms. The number of H-pyrrole nitrogens is 1. The van der Waals surface area contributed by atoms with Gasteiger partial charge >= 0.3 is 5.69 Å². The van der Waals surface area contributed by atoms with Crippen molar-refractivity contribution in [3.05, 3.63) is 68.2 Å². The second-order valence-electron chi connectivity index (χ2n) is 4.80. The SMILES string of the molecule is Cc1cn(CCCC(=O)c2ccc(F)cc2)c(=O)[nH]c1=O. The lowest BCUT2D eigenvalue weighted by molar-refractivity contribution is 0.0978. The predicted molar refractivity (Wildman–Crippen MR) is 76.0 cm³/mol. The van der Waals surface area contributed by atoms with E-state index in [0.717, 1.165) is 0 Å². The molecule has 0 bridgehead atoms. The fourth-order valence-corrected chi connectivity index (χ4v) is 1.97. The quantitative estimate of drug-likeness (QED) is 0.851. The van der Waals surface area contributed by atoms with Crippen LogP contribution in [0.4, 0.5) is 4.39 Å². The number of carbonyl (C=O) groups excluding carboxylic acids is 1. The lowest BCUT2D eigenvalue weighted by Gasteiger charge is -2.05. The highest BCUT2D eigenvalue weighted by molar-refractivity contribution is 5.95. The number of aromatic nitrogens is 2. The number of rotatable bonds is 5. The number of Topliss-reactive ketones (excluding diaryl/α,β-unsaturated/α-hetero) is 1. The zero-order chi connectivity index (χ0) is 15.4. The summed E-state index contributed by atoms with van der Waals surface area (Å²) < 4.78 is 14.1. The Labute approximate surface area is 120 Å². The second kappa shape index (κ2) is 6.30. The first-order chi connectivity index (χ1) is 9.97. The fourth-order valence-electron chi connectivity index (χ4n) is 1.97. The molecule has 5 nitrogen and oxygen atoms in total. The highest BCUT2D eigenvalue weighted by atomic mass is 19.1. The number of ketones is 1. The number of nitrogens with one attached hydrogen (secondary N) is 1. The van der Waals surface area contributed by atoms with Gasteiger partial charge in [0.05, 0.1) is 0 Å². The maximum absolute atomic E-state index is 12.8. The molecule has 0 aliphatic rings. The summed E-state index contributed by atoms with van der Waals surface area (Å²) in [6.07, 6.45) is 2.18. The molecule has 2 aromatic rings. The van der Waals surface area contributed by atoms with Gasteiger partial charge in [0.15, 0.2) is 5.78 Å². The largest absolute Gasteiger partial charge is 0.328 e. The van der Waals surface area contributed by atoms with E-state index in [9.17, 15) is 18.8 Å². The number of carbonyl (C=O) groups is 1. The number of aryl methyl sites for hydroxylation is 2. The molecule has 0 atom stereocenters. The Kier molecular flexibility index (Phi) is 4.47. The maximum Gasteiger partial charge on any atom is 0.328 e. The van der Waals surface area contributed by atoms with Gasteiger partial charge in [-0.25, -0.2) is 9.18 Å². The summed E-state index contributed by atoms with van der Waals surface area (Å²) >= 11 is 0. The molecule has 0 aliphatic heterocycles. The van der Waals surface area contributed by atoms with Crippen LogP contribution in [0.2, 0.25) is 0 Å². The molecule has 1 aromatic heterocycles. The van der Waals surface area contributed by atoms with Gasteiger partial charge in [-0.2, -0.15) is 0 Å². The summed E-state index contributed by atoms with van der Waals surface area (Å²) in [5.74, 6) is -0.494. The summed E-state index contributed by atoms with van der Waals surface area (Å²) in [5.41, 5.74) is -0.000623. The van der Waals surface area contributed by atoms with E-state index in [2.05, 4.69) is 4.98 Å². The monoisotopic (exact) mass is 290 g/mol. The summed E-state index contributed by atoms with van der Waals surface area (Å²) in [6, 6.07) is 5.36. The van der Waals surface area contributed by atoms with Crippen LogP contribution in [0.5, 0.6) is 0 Å². The van der Waals surface area contributed by atoms with Crippen LogP contribution in [0.15, 0.2) is 40.1 Å². The second-order valence-corrected chi connectivity index (χ2v) is 4.80. The van der Waals surface area contributed by atoms with Crippen molar-refractivity contribution < 1.29 is 9.18 Å². The third kappa shape index (κ3) is 3.75. The van der Waals surface area contributed by atoms with Crippen molar-refractivity contribution in [1.29, 1.82) is 0 Å². The van der Waals surface area contributed by atoms with E-state index >= 15 is 0 Å². The summed E-state index contributed by atoms with van der Waals surface area (Å²) in [7, 11) is 0. The molecule has 0 amide bonds. The minimum Gasteiger partial charge on any atom is -0.300 e. The number of nitrogens with zero attached hydrogens (tertiary/aromatic N) is 1. The first kappa shape index (κ1) is 14.9. The summed E-state index contributed by atoms with van der Waals surface area (Å²) in [6.45, 7) is 1.95. The molecule has 2 rings (SSSR count). The summed E-state index contributed by atoms with van der Waals surface area (Å²) in [4.78, 5) is 36.9. The molecule has 0 saturated carbocycles. The van der Waals surface area contributed by atoms with E-state index in [1.54, 1.807) is 6.92 Å². The number of hydrogen-bond donors (Lipinski definition) is 1. The highest BCUT2D eigenvalue weighted by Crippen LogP contribution is 2.07. The number of halogens is 1. The van der Waals surface area contributed by atoms with Crippen LogP contribution in [0.3, 0.4) is 0 Å². The molecule has 0 spiro atoms. The lowest BCUT2D eigenvalue weighted by atomic mass is 10.1. The topological polar surface area (TPSA) is 71.9 Å². The van der Waals surface area contributed by atoms with Gasteiger partial charge in [0.25, 0.3) is 5.56 Å². The average molecular weight is 290 g/mol. The van der Waals surface area contributed by atoms with Gasteiger partial charge in [-0.15, -0.1) is 0 Å². The Morgan fingerprint density at radius 2 is 1.90 bits per heavy atom. The van der Waals surface area contributed by atoms with Crippen LogP contribution in [0.1, 0.15) is 28.8 Å². The van der Waals surface area contributed by atoms with E-state index < -0.39 is 11.2 Å². The number of benzene rings is 1. The van der Waals surface area contributed by atoms with Gasteiger partial charge in [0.2, 0.25) is 0 Å². The normalized spacial score (nSPS) is 10.6. The van der Waals surface area contributed by atoms with Crippen LogP contribution >= 0.6 is 0 Å². The van der Waals surface area contributed by atoms with Crippen molar-refractivity contribution in [3.63, 3.8) is 0 Å². The highest BCUT2D eigenvalue weighted by Gasteiger charge is 2.07. The average Bonchev–Trinajstić information content (AvgIpc) is 2.45. The van der Waals surface area contributed by atoms with Crippen molar-refractivity contribution in [1.82, 2.24) is 9.55 Å². The van der Waals surface area contributed by atoms with Crippen LogP contribution < -0.4 is 11.2 Å². The molecule has 0 fully saturated rings. The van der Waals surface area contributed by atoms with E-state index in [1.807, 2.05) is 0 Å². The number of aromatic amines is 1. The Bertz CT molecular complexity index is 760. The molecule has 0 saturated heterocycles. The van der Waals surface area contributed by atoms with E-state index in [-0.39, 0.29) is 18.0 Å². The van der Waals surface area contributed by atoms with Crippen molar-refractivity contribution in [3.8, 4) is 0 Å². The molecule has 1 N–H and O–H groups in total. The fraction of sp³-hybridized carbons (Fsp3) is 0.267. The van der Waals surface area contributed by atoms with Crippen LogP contribution in [0.25, 0.3) is 0 Å². The van der Waals surface area contributed by atoms with Gasteiger partial charge in [0.1, 0.15) is 5.82 Å². The van der Waals surface area contributed by atoms with Gasteiger partial charge in [-0.3, -0.25) is 14.6 Å². The lowest BCUT2D eigenvalue weighted by Crippen LogP contribution is -2.30. The molecule has 0 unspecified atom stereocenters. The Hall–Kier alpha value is -2.50. The third-order valence-corrected chi connectivity index (χ3v) is 3.16. The Morgan fingerprint density at radius 3 is 2.57 bits per heavy atom.